The minimum absolute atomic E-state index is 0.361. The number of carbonyl (C=O) groups excluding carboxylic acids is 2. The molecule has 0 aliphatic carbocycles. The molecular formula is C3H6N2O3S. The van der Waals surface area contributed by atoms with Crippen LogP contribution in [0.25, 0.3) is 0 Å². The highest BCUT2D eigenvalue weighted by atomic mass is 32.1. The first-order valence-electron chi connectivity index (χ1n) is 1.96. The average Bonchev–Trinajstić information content (AvgIpc) is 1.84. The summed E-state index contributed by atoms with van der Waals surface area (Å²) in [6, 6.07) is -0.967. The Labute approximate surface area is 57.3 Å². The lowest BCUT2D eigenvalue weighted by Gasteiger charge is -2.06. The van der Waals surface area contributed by atoms with Crippen molar-refractivity contribution in [3.8, 4) is 0 Å². The minimum atomic E-state index is -0.967. The van der Waals surface area contributed by atoms with Crippen LogP contribution in [0.2, 0.25) is 0 Å². The van der Waals surface area contributed by atoms with Gasteiger partial charge in [0.1, 0.15) is 0 Å². The molecule has 0 aromatic heterocycles. The van der Waals surface area contributed by atoms with Gasteiger partial charge in [-0.25, -0.2) is 9.59 Å². The number of thiol groups is 1. The number of nitrogens with two attached hydrogens (primary N) is 1. The van der Waals surface area contributed by atoms with E-state index >= 15 is 0 Å². The number of amides is 3. The van der Waals surface area contributed by atoms with Gasteiger partial charge in [-0.15, -0.1) is 0 Å². The number of rotatable bonds is 0. The molecule has 0 aromatic carbocycles. The first kappa shape index (κ1) is 8.09. The summed E-state index contributed by atoms with van der Waals surface area (Å²) in [7, 11) is 1.12. The number of hydrogen-bond acceptors (Lipinski definition) is 4. The third kappa shape index (κ3) is 2.22. The van der Waals surface area contributed by atoms with Gasteiger partial charge in [0.25, 0.3) is 0 Å². The van der Waals surface area contributed by atoms with Crippen LogP contribution in [0.4, 0.5) is 9.59 Å². The average molecular weight is 150 g/mol. The highest BCUT2D eigenvalue weighted by molar-refractivity contribution is 7.79. The van der Waals surface area contributed by atoms with E-state index in [1.54, 1.807) is 0 Å². The highest BCUT2D eigenvalue weighted by Gasteiger charge is 2.13. The van der Waals surface area contributed by atoms with Crippen molar-refractivity contribution >= 4 is 24.9 Å². The zero-order valence-corrected chi connectivity index (χ0v) is 5.59. The Hall–Kier alpha value is -0.910. The number of ether oxygens (including phenoxy) is 1. The number of nitrogens with zero attached hydrogens (tertiary/aromatic N) is 1. The molecule has 0 spiro atoms. The second-order valence-corrected chi connectivity index (χ2v) is 1.52. The van der Waals surface area contributed by atoms with Crippen LogP contribution >= 0.6 is 12.8 Å². The molecule has 0 aliphatic rings. The second kappa shape index (κ2) is 3.18. The third-order valence-electron chi connectivity index (χ3n) is 0.556. The summed E-state index contributed by atoms with van der Waals surface area (Å²) in [5.74, 6) is 0. The van der Waals surface area contributed by atoms with E-state index in [1.165, 1.54) is 0 Å². The summed E-state index contributed by atoms with van der Waals surface area (Å²) in [6.45, 7) is 0. The van der Waals surface area contributed by atoms with Crippen molar-refractivity contribution in [2.45, 2.75) is 0 Å². The van der Waals surface area contributed by atoms with E-state index in [2.05, 4.69) is 23.3 Å². The van der Waals surface area contributed by atoms with Crippen LogP contribution in [0.3, 0.4) is 0 Å². The minimum Gasteiger partial charge on any atom is -0.452 e. The maximum atomic E-state index is 10.3. The van der Waals surface area contributed by atoms with Crippen LogP contribution in [0.15, 0.2) is 0 Å². The Balaban J connectivity index is 3.88. The summed E-state index contributed by atoms with van der Waals surface area (Å²) < 4.78 is 4.44. The standard InChI is InChI=1S/C3H6N2O3S/c1-8-3(7)5(9)2(4)6/h9H,1H3,(H2,4,6). The topological polar surface area (TPSA) is 72.6 Å². The molecule has 0 rings (SSSR count). The fourth-order valence-electron chi connectivity index (χ4n) is 0.176. The summed E-state index contributed by atoms with van der Waals surface area (Å²) in [5.41, 5.74) is 4.62. The summed E-state index contributed by atoms with van der Waals surface area (Å²) >= 11 is 3.38. The molecule has 6 heteroatoms. The van der Waals surface area contributed by atoms with Gasteiger partial charge in [-0.1, -0.05) is 12.8 Å². The van der Waals surface area contributed by atoms with E-state index in [-0.39, 0.29) is 0 Å². The number of urea groups is 1. The maximum Gasteiger partial charge on any atom is 0.427 e. The normalized spacial score (nSPS) is 8.22. The fraction of sp³-hybridized carbons (Fsp3) is 0.333. The van der Waals surface area contributed by atoms with Crippen LogP contribution in [0.1, 0.15) is 0 Å². The van der Waals surface area contributed by atoms with Gasteiger partial charge in [0.05, 0.1) is 7.11 Å². The van der Waals surface area contributed by atoms with Crippen molar-refractivity contribution in [1.29, 1.82) is 0 Å². The van der Waals surface area contributed by atoms with Gasteiger partial charge < -0.3 is 10.5 Å². The first-order chi connectivity index (χ1) is 4.09. The smallest absolute Gasteiger partial charge is 0.427 e. The van der Waals surface area contributed by atoms with Crippen molar-refractivity contribution in [2.24, 2.45) is 5.73 Å². The molecule has 3 amide bonds. The summed E-state index contributed by atoms with van der Waals surface area (Å²) in [5, 5.41) is 0. The molecule has 0 aliphatic heterocycles. The van der Waals surface area contributed by atoms with E-state index in [0.29, 0.717) is 4.31 Å². The summed E-state index contributed by atoms with van der Waals surface area (Å²) in [4.78, 5) is 20.4. The number of hydrogen-bond donors (Lipinski definition) is 2. The van der Waals surface area contributed by atoms with E-state index < -0.39 is 12.1 Å². The Bertz CT molecular complexity index is 137. The SMILES string of the molecule is COC(=O)N(S)C(N)=O. The molecule has 0 radical (unpaired) electrons. The zero-order valence-electron chi connectivity index (χ0n) is 4.70. The van der Waals surface area contributed by atoms with Crippen molar-refractivity contribution < 1.29 is 14.3 Å². The van der Waals surface area contributed by atoms with Crippen LogP contribution in [0, 0.1) is 0 Å². The van der Waals surface area contributed by atoms with Gasteiger partial charge in [-0.05, 0) is 0 Å². The summed E-state index contributed by atoms with van der Waals surface area (Å²) in [6.07, 6.45) is -0.897. The lowest BCUT2D eigenvalue weighted by Crippen LogP contribution is -2.32. The van der Waals surface area contributed by atoms with Gasteiger partial charge in [-0.2, -0.15) is 4.31 Å². The molecule has 0 aromatic rings. The molecule has 5 nitrogen and oxygen atoms in total. The number of imide groups is 1. The molecule has 0 fully saturated rings. The van der Waals surface area contributed by atoms with Gasteiger partial charge in [-0.3, -0.25) is 0 Å². The van der Waals surface area contributed by atoms with Crippen LogP contribution in [-0.2, 0) is 4.74 Å². The molecule has 9 heavy (non-hydrogen) atoms. The number of methoxy groups -OCH3 is 1. The van der Waals surface area contributed by atoms with E-state index in [9.17, 15) is 9.59 Å². The molecule has 0 heterocycles. The molecule has 0 unspecified atom stereocenters. The van der Waals surface area contributed by atoms with Gasteiger partial charge >= 0.3 is 12.1 Å². The fourth-order valence-corrected chi connectivity index (χ4v) is 0.258. The molecule has 0 atom stereocenters. The third-order valence-corrected chi connectivity index (χ3v) is 0.917. The number of primary amides is 1. The molecule has 0 bridgehead atoms. The van der Waals surface area contributed by atoms with Crippen molar-refractivity contribution in [3.63, 3.8) is 0 Å². The van der Waals surface area contributed by atoms with Gasteiger partial charge in [0.15, 0.2) is 0 Å². The molecule has 0 saturated carbocycles. The molecular weight excluding hydrogens is 144 g/mol. The van der Waals surface area contributed by atoms with Crippen molar-refractivity contribution in [1.82, 2.24) is 4.31 Å². The molecule has 0 saturated heterocycles. The predicted molar refractivity (Wildman–Crippen MR) is 32.8 cm³/mol. The van der Waals surface area contributed by atoms with Crippen LogP contribution in [-0.4, -0.2) is 23.5 Å². The Kier molecular flexibility index (Phi) is 2.86. The maximum absolute atomic E-state index is 10.3. The van der Waals surface area contributed by atoms with Crippen LogP contribution in [0.5, 0.6) is 0 Å². The van der Waals surface area contributed by atoms with E-state index in [4.69, 9.17) is 0 Å². The molecule has 2 N–H and O–H groups in total. The highest BCUT2D eigenvalue weighted by Crippen LogP contribution is 1.94. The largest absolute Gasteiger partial charge is 0.452 e. The Morgan fingerprint density at radius 2 is 2.11 bits per heavy atom. The molecule has 52 valence electrons. The Morgan fingerprint density at radius 1 is 1.67 bits per heavy atom. The van der Waals surface area contributed by atoms with Crippen molar-refractivity contribution in [2.75, 3.05) is 7.11 Å². The van der Waals surface area contributed by atoms with Gasteiger partial charge in [0, 0.05) is 0 Å². The van der Waals surface area contributed by atoms with Crippen LogP contribution < -0.4 is 5.73 Å². The van der Waals surface area contributed by atoms with Crippen molar-refractivity contribution in [3.05, 3.63) is 0 Å². The van der Waals surface area contributed by atoms with E-state index in [1.807, 2.05) is 0 Å². The number of carbonyl (C=O) groups is 2. The Morgan fingerprint density at radius 3 is 2.22 bits per heavy atom. The quantitative estimate of drug-likeness (QED) is 0.476. The zero-order chi connectivity index (χ0) is 7.44. The first-order valence-corrected chi connectivity index (χ1v) is 2.36. The predicted octanol–water partition coefficient (Wildman–Crippen LogP) is -0.0217. The monoisotopic (exact) mass is 150 g/mol. The lowest BCUT2D eigenvalue weighted by atomic mass is 11.0. The second-order valence-electron chi connectivity index (χ2n) is 1.12. The van der Waals surface area contributed by atoms with Gasteiger partial charge in [0.2, 0.25) is 0 Å². The van der Waals surface area contributed by atoms with E-state index in [0.717, 1.165) is 7.11 Å². The lowest BCUT2D eigenvalue weighted by molar-refractivity contribution is 0.155.